The molecule has 1 aromatic rings. The van der Waals surface area contributed by atoms with Gasteiger partial charge in [-0.05, 0) is 44.4 Å². The molecule has 0 bridgehead atoms. The highest BCUT2D eigenvalue weighted by molar-refractivity contribution is 7.89. The molecule has 7 nitrogen and oxygen atoms in total. The first-order valence-corrected chi connectivity index (χ1v) is 9.13. The number of nitrogens with two attached hydrogens (primary N) is 1. The van der Waals surface area contributed by atoms with Crippen molar-refractivity contribution in [2.24, 2.45) is 5.14 Å². The summed E-state index contributed by atoms with van der Waals surface area (Å²) in [6.45, 7) is 4.48. The maximum absolute atomic E-state index is 12.0. The lowest BCUT2D eigenvalue weighted by atomic mass is 10.1. The molecule has 1 aliphatic rings. The smallest absolute Gasteiger partial charge is 0.315 e. The van der Waals surface area contributed by atoms with Crippen LogP contribution in [0.4, 0.5) is 4.79 Å². The standard InChI is InChI=1S/C15H23N3O4S/c1-10(12-5-7-13(8-6-12)23(16,20)21)17-15(19)18-11(2)14-4-3-9-22-14/h5-8,10-11,14H,3-4,9H2,1-2H3,(H2,16,20,21)(H2,17,18,19). The van der Waals surface area contributed by atoms with Crippen molar-refractivity contribution in [3.63, 3.8) is 0 Å². The summed E-state index contributed by atoms with van der Waals surface area (Å²) in [7, 11) is -3.71. The Morgan fingerprint density at radius 3 is 2.43 bits per heavy atom. The molecular weight excluding hydrogens is 318 g/mol. The van der Waals surface area contributed by atoms with Gasteiger partial charge in [-0.3, -0.25) is 0 Å². The molecule has 1 saturated heterocycles. The predicted molar refractivity (Wildman–Crippen MR) is 86.3 cm³/mol. The highest BCUT2D eigenvalue weighted by atomic mass is 32.2. The molecule has 0 saturated carbocycles. The van der Waals surface area contributed by atoms with E-state index in [4.69, 9.17) is 9.88 Å². The highest BCUT2D eigenvalue weighted by Gasteiger charge is 2.24. The van der Waals surface area contributed by atoms with E-state index in [1.165, 1.54) is 12.1 Å². The third kappa shape index (κ3) is 4.92. The third-order valence-corrected chi connectivity index (χ3v) is 4.87. The van der Waals surface area contributed by atoms with Crippen molar-refractivity contribution in [3.8, 4) is 0 Å². The summed E-state index contributed by atoms with van der Waals surface area (Å²) in [5.41, 5.74) is 0.789. The van der Waals surface area contributed by atoms with E-state index in [1.54, 1.807) is 12.1 Å². The van der Waals surface area contributed by atoms with Gasteiger partial charge in [0.15, 0.2) is 0 Å². The van der Waals surface area contributed by atoms with Gasteiger partial charge < -0.3 is 15.4 Å². The number of urea groups is 1. The van der Waals surface area contributed by atoms with E-state index in [-0.39, 0.29) is 29.1 Å². The number of carbonyl (C=O) groups is 1. The molecule has 1 aromatic carbocycles. The van der Waals surface area contributed by atoms with Crippen molar-refractivity contribution in [1.29, 1.82) is 0 Å². The zero-order valence-corrected chi connectivity index (χ0v) is 14.1. The molecule has 1 heterocycles. The Morgan fingerprint density at radius 1 is 1.26 bits per heavy atom. The predicted octanol–water partition coefficient (Wildman–Crippen LogP) is 1.26. The fourth-order valence-corrected chi connectivity index (χ4v) is 3.08. The first-order valence-electron chi connectivity index (χ1n) is 7.59. The average molecular weight is 341 g/mol. The minimum Gasteiger partial charge on any atom is -0.376 e. The number of carbonyl (C=O) groups excluding carboxylic acids is 1. The maximum Gasteiger partial charge on any atom is 0.315 e. The number of primary sulfonamides is 1. The molecule has 4 N–H and O–H groups in total. The Hall–Kier alpha value is -1.64. The first kappa shape index (κ1) is 17.7. The van der Waals surface area contributed by atoms with Crippen LogP contribution in [0.3, 0.4) is 0 Å². The maximum atomic E-state index is 12.0. The summed E-state index contributed by atoms with van der Waals surface area (Å²) < 4.78 is 28.0. The van der Waals surface area contributed by atoms with Crippen LogP contribution in [0, 0.1) is 0 Å². The van der Waals surface area contributed by atoms with Gasteiger partial charge in [0.1, 0.15) is 0 Å². The molecule has 23 heavy (non-hydrogen) atoms. The van der Waals surface area contributed by atoms with E-state index < -0.39 is 10.0 Å². The molecule has 2 rings (SSSR count). The summed E-state index contributed by atoms with van der Waals surface area (Å²) >= 11 is 0. The second kappa shape index (κ2) is 7.29. The van der Waals surface area contributed by atoms with Crippen molar-refractivity contribution >= 4 is 16.1 Å². The van der Waals surface area contributed by atoms with E-state index in [0.29, 0.717) is 0 Å². The van der Waals surface area contributed by atoms with Gasteiger partial charge >= 0.3 is 6.03 Å². The number of amides is 2. The van der Waals surface area contributed by atoms with Gasteiger partial charge in [-0.2, -0.15) is 0 Å². The van der Waals surface area contributed by atoms with Crippen molar-refractivity contribution in [3.05, 3.63) is 29.8 Å². The topological polar surface area (TPSA) is 111 Å². The molecular formula is C15H23N3O4S. The first-order chi connectivity index (χ1) is 10.8. The lowest BCUT2D eigenvalue weighted by Crippen LogP contribution is -2.46. The van der Waals surface area contributed by atoms with Gasteiger partial charge in [-0.1, -0.05) is 12.1 Å². The summed E-state index contributed by atoms with van der Waals surface area (Å²) in [6.07, 6.45) is 2.03. The Kier molecular flexibility index (Phi) is 5.61. The summed E-state index contributed by atoms with van der Waals surface area (Å²) in [6, 6.07) is 5.51. The van der Waals surface area contributed by atoms with E-state index in [0.717, 1.165) is 25.0 Å². The van der Waals surface area contributed by atoms with Gasteiger partial charge in [0.2, 0.25) is 10.0 Å². The lowest BCUT2D eigenvalue weighted by molar-refractivity contribution is 0.0859. The Balaban J connectivity index is 1.90. The zero-order chi connectivity index (χ0) is 17.0. The number of nitrogens with one attached hydrogen (secondary N) is 2. The van der Waals surface area contributed by atoms with Crippen LogP contribution in [-0.2, 0) is 14.8 Å². The van der Waals surface area contributed by atoms with Crippen LogP contribution < -0.4 is 15.8 Å². The van der Waals surface area contributed by atoms with Crippen LogP contribution in [0.1, 0.15) is 38.3 Å². The van der Waals surface area contributed by atoms with Crippen molar-refractivity contribution in [2.75, 3.05) is 6.61 Å². The van der Waals surface area contributed by atoms with Crippen LogP contribution >= 0.6 is 0 Å². The van der Waals surface area contributed by atoms with Gasteiger partial charge in [0, 0.05) is 6.61 Å². The molecule has 0 aromatic heterocycles. The number of hydrogen-bond donors (Lipinski definition) is 3. The number of rotatable bonds is 5. The fourth-order valence-electron chi connectivity index (χ4n) is 2.56. The van der Waals surface area contributed by atoms with Crippen LogP contribution in [0.15, 0.2) is 29.2 Å². The number of hydrogen-bond acceptors (Lipinski definition) is 4. The summed E-state index contributed by atoms with van der Waals surface area (Å²) in [4.78, 5) is 12.1. The molecule has 0 aliphatic carbocycles. The van der Waals surface area contributed by atoms with Gasteiger partial charge in [0.25, 0.3) is 0 Å². The Morgan fingerprint density at radius 2 is 1.91 bits per heavy atom. The average Bonchev–Trinajstić information content (AvgIpc) is 3.00. The second-order valence-corrected chi connectivity index (χ2v) is 7.36. The normalized spacial score (nSPS) is 20.7. The molecule has 1 fully saturated rings. The summed E-state index contributed by atoms with van der Waals surface area (Å²) in [5.74, 6) is 0. The van der Waals surface area contributed by atoms with Gasteiger partial charge in [-0.25, -0.2) is 18.4 Å². The van der Waals surface area contributed by atoms with E-state index in [1.807, 2.05) is 13.8 Å². The highest BCUT2D eigenvalue weighted by Crippen LogP contribution is 2.17. The summed E-state index contributed by atoms with van der Waals surface area (Å²) in [5, 5.41) is 10.7. The number of ether oxygens (including phenoxy) is 1. The third-order valence-electron chi connectivity index (χ3n) is 3.94. The fraction of sp³-hybridized carbons (Fsp3) is 0.533. The SMILES string of the molecule is CC(NC(=O)NC(C)C1CCCO1)c1ccc(S(N)(=O)=O)cc1. The van der Waals surface area contributed by atoms with E-state index in [2.05, 4.69) is 10.6 Å². The monoisotopic (exact) mass is 341 g/mol. The molecule has 3 atom stereocenters. The molecule has 0 radical (unpaired) electrons. The minimum atomic E-state index is -3.71. The van der Waals surface area contributed by atoms with Crippen molar-refractivity contribution in [1.82, 2.24) is 10.6 Å². The Labute approximate surface area is 136 Å². The molecule has 128 valence electrons. The van der Waals surface area contributed by atoms with Crippen LogP contribution in [-0.4, -0.2) is 33.2 Å². The van der Waals surface area contributed by atoms with Crippen LogP contribution in [0.2, 0.25) is 0 Å². The van der Waals surface area contributed by atoms with E-state index in [9.17, 15) is 13.2 Å². The molecule has 1 aliphatic heterocycles. The minimum absolute atomic E-state index is 0.0462. The van der Waals surface area contributed by atoms with E-state index >= 15 is 0 Å². The molecule has 8 heteroatoms. The van der Waals surface area contributed by atoms with Crippen LogP contribution in [0.5, 0.6) is 0 Å². The number of sulfonamides is 1. The second-order valence-electron chi connectivity index (χ2n) is 5.79. The molecule has 0 spiro atoms. The largest absolute Gasteiger partial charge is 0.376 e. The Bertz CT molecular complexity index is 639. The van der Waals surface area contributed by atoms with Crippen LogP contribution in [0.25, 0.3) is 0 Å². The quantitative estimate of drug-likeness (QED) is 0.749. The molecule has 2 amide bonds. The number of benzene rings is 1. The zero-order valence-electron chi connectivity index (χ0n) is 13.3. The molecule has 3 unspecified atom stereocenters. The van der Waals surface area contributed by atoms with Crippen molar-refractivity contribution in [2.45, 2.75) is 49.8 Å². The lowest BCUT2D eigenvalue weighted by Gasteiger charge is -2.22. The van der Waals surface area contributed by atoms with Gasteiger partial charge in [-0.15, -0.1) is 0 Å². The van der Waals surface area contributed by atoms with Crippen molar-refractivity contribution < 1.29 is 17.9 Å². The van der Waals surface area contributed by atoms with Gasteiger partial charge in [0.05, 0.1) is 23.1 Å².